The summed E-state index contributed by atoms with van der Waals surface area (Å²) in [5, 5.41) is 11.3. The molecule has 4 nitrogen and oxygen atoms in total. The summed E-state index contributed by atoms with van der Waals surface area (Å²) in [6.45, 7) is 5.77. The van der Waals surface area contributed by atoms with Crippen molar-refractivity contribution in [2.45, 2.75) is 26.2 Å². The Hall–Kier alpha value is -1.66. The van der Waals surface area contributed by atoms with E-state index in [1.54, 1.807) is 22.7 Å². The molecule has 0 spiro atoms. The first-order valence-corrected chi connectivity index (χ1v) is 7.78. The van der Waals surface area contributed by atoms with Gasteiger partial charge in [0.05, 0.1) is 4.88 Å². The molecule has 0 radical (unpaired) electrons. The van der Waals surface area contributed by atoms with Crippen molar-refractivity contribution >= 4 is 38.0 Å². The van der Waals surface area contributed by atoms with Crippen molar-refractivity contribution in [2.75, 3.05) is 0 Å². The van der Waals surface area contributed by atoms with Crippen LogP contribution in [0.4, 0.5) is 0 Å². The Bertz CT molecular complexity index is 760. The highest BCUT2D eigenvalue weighted by Gasteiger charge is 2.29. The first-order valence-electron chi connectivity index (χ1n) is 6.08. The highest BCUT2D eigenvalue weighted by Crippen LogP contribution is 2.38. The maximum Gasteiger partial charge on any atom is 0.373 e. The zero-order chi connectivity index (χ0) is 14.5. The van der Waals surface area contributed by atoms with Gasteiger partial charge < -0.3 is 9.52 Å². The largest absolute Gasteiger partial charge is 0.475 e. The van der Waals surface area contributed by atoms with Crippen LogP contribution in [-0.2, 0) is 5.41 Å². The summed E-state index contributed by atoms with van der Waals surface area (Å²) in [7, 11) is 0. The van der Waals surface area contributed by atoms with E-state index in [1.807, 2.05) is 38.3 Å². The molecule has 1 N–H and O–H groups in total. The number of nitrogens with zero attached hydrogens (tertiary/aromatic N) is 1. The molecule has 3 aromatic rings. The fourth-order valence-corrected chi connectivity index (χ4v) is 3.98. The second-order valence-corrected chi connectivity index (χ2v) is 7.54. The van der Waals surface area contributed by atoms with Crippen LogP contribution >= 0.6 is 22.7 Å². The second kappa shape index (κ2) is 4.43. The Labute approximate surface area is 123 Å². The average molecular weight is 307 g/mol. The van der Waals surface area contributed by atoms with Crippen LogP contribution < -0.4 is 0 Å². The maximum absolute atomic E-state index is 11.3. The van der Waals surface area contributed by atoms with Crippen LogP contribution in [0.15, 0.2) is 21.9 Å². The Morgan fingerprint density at radius 3 is 2.65 bits per heavy atom. The highest BCUT2D eigenvalue weighted by molar-refractivity contribution is 7.28. The predicted octanol–water partition coefficient (Wildman–Crippen LogP) is 4.61. The third kappa shape index (κ3) is 2.14. The molecule has 0 amide bonds. The Morgan fingerprint density at radius 1 is 1.35 bits per heavy atom. The lowest BCUT2D eigenvalue weighted by atomic mass is 9.91. The first-order chi connectivity index (χ1) is 9.36. The molecular formula is C14H13NO3S2. The summed E-state index contributed by atoms with van der Waals surface area (Å²) in [6, 6.07) is 4.04. The van der Waals surface area contributed by atoms with E-state index >= 15 is 0 Å². The Kier molecular flexibility index (Phi) is 2.95. The van der Waals surface area contributed by atoms with Gasteiger partial charge in [-0.05, 0) is 17.5 Å². The summed E-state index contributed by atoms with van der Waals surface area (Å²) in [5.74, 6) is -0.753. The highest BCUT2D eigenvalue weighted by atomic mass is 32.1. The molecule has 3 heterocycles. The van der Waals surface area contributed by atoms with Gasteiger partial charge in [-0.25, -0.2) is 9.78 Å². The summed E-state index contributed by atoms with van der Waals surface area (Å²) in [4.78, 5) is 16.6. The number of fused-ring (bicyclic) bond motifs is 1. The van der Waals surface area contributed by atoms with Gasteiger partial charge in [-0.15, -0.1) is 22.7 Å². The van der Waals surface area contributed by atoms with Crippen LogP contribution in [0, 0.1) is 0 Å². The Balaban J connectivity index is 2.15. The van der Waals surface area contributed by atoms with Crippen molar-refractivity contribution in [1.82, 2.24) is 4.98 Å². The van der Waals surface area contributed by atoms with E-state index in [0.717, 1.165) is 14.3 Å². The first kappa shape index (κ1) is 13.3. The van der Waals surface area contributed by atoms with Gasteiger partial charge in [-0.2, -0.15) is 0 Å². The minimum absolute atomic E-state index is 0.0655. The molecule has 0 unspecified atom stereocenters. The molecular weight excluding hydrogens is 294 g/mol. The molecule has 3 rings (SSSR count). The number of carbonyl (C=O) groups is 1. The fraction of sp³-hybridized carbons (Fsp3) is 0.286. The number of thiophene rings is 2. The molecule has 0 aliphatic heterocycles. The summed E-state index contributed by atoms with van der Waals surface area (Å²) in [5.41, 5.74) is 0.112. The van der Waals surface area contributed by atoms with Gasteiger partial charge in [-0.1, -0.05) is 20.8 Å². The van der Waals surface area contributed by atoms with Crippen LogP contribution in [0.1, 0.15) is 37.0 Å². The quantitative estimate of drug-likeness (QED) is 0.750. The van der Waals surface area contributed by atoms with Crippen molar-refractivity contribution in [1.29, 1.82) is 0 Å². The third-order valence-electron chi connectivity index (χ3n) is 2.88. The van der Waals surface area contributed by atoms with Crippen LogP contribution in [-0.4, -0.2) is 16.1 Å². The zero-order valence-corrected chi connectivity index (χ0v) is 12.9. The molecule has 0 saturated carbocycles. The molecule has 0 aromatic carbocycles. The van der Waals surface area contributed by atoms with Crippen molar-refractivity contribution in [3.8, 4) is 10.8 Å². The lowest BCUT2D eigenvalue weighted by Gasteiger charge is -2.14. The number of hydrogen-bond donors (Lipinski definition) is 1. The fourth-order valence-electron chi connectivity index (χ4n) is 1.95. The van der Waals surface area contributed by atoms with E-state index in [9.17, 15) is 9.90 Å². The van der Waals surface area contributed by atoms with Crippen LogP contribution in [0.5, 0.6) is 0 Å². The Morgan fingerprint density at radius 2 is 2.10 bits per heavy atom. The van der Waals surface area contributed by atoms with E-state index < -0.39 is 5.97 Å². The van der Waals surface area contributed by atoms with Crippen LogP contribution in [0.3, 0.4) is 0 Å². The average Bonchev–Trinajstić information content (AvgIpc) is 3.00. The molecule has 0 aliphatic rings. The standard InChI is InChI=1S/C14H13NO3S2/c1-14(2,3)11-10(13(16)17)18-12(15-11)9-6-8-7(20-9)4-5-19-8/h4-6H,1-3H3,(H,16,17). The molecule has 20 heavy (non-hydrogen) atoms. The number of aromatic carboxylic acids is 1. The molecule has 6 heteroatoms. The van der Waals surface area contributed by atoms with E-state index in [2.05, 4.69) is 4.98 Å². The van der Waals surface area contributed by atoms with Gasteiger partial charge in [0.25, 0.3) is 0 Å². The molecule has 0 fully saturated rings. The molecule has 0 saturated heterocycles. The number of rotatable bonds is 2. The molecule has 3 aromatic heterocycles. The van der Waals surface area contributed by atoms with Gasteiger partial charge in [0, 0.05) is 14.8 Å². The summed E-state index contributed by atoms with van der Waals surface area (Å²) in [6.07, 6.45) is 0. The topological polar surface area (TPSA) is 63.3 Å². The monoisotopic (exact) mass is 307 g/mol. The van der Waals surface area contributed by atoms with Crippen LogP contribution in [0.25, 0.3) is 20.2 Å². The summed E-state index contributed by atoms with van der Waals surface area (Å²) < 4.78 is 7.82. The van der Waals surface area contributed by atoms with E-state index in [1.165, 1.54) is 0 Å². The van der Waals surface area contributed by atoms with Gasteiger partial charge in [0.1, 0.15) is 5.69 Å². The number of aromatic nitrogens is 1. The SMILES string of the molecule is CC(C)(C)c1nc(-c2cc3sccc3s2)oc1C(=O)O. The van der Waals surface area contributed by atoms with Gasteiger partial charge in [-0.3, -0.25) is 0 Å². The minimum Gasteiger partial charge on any atom is -0.475 e. The molecule has 0 bridgehead atoms. The van der Waals surface area contributed by atoms with Crippen LogP contribution in [0.2, 0.25) is 0 Å². The molecule has 104 valence electrons. The van der Waals surface area contributed by atoms with Gasteiger partial charge in [0.15, 0.2) is 0 Å². The summed E-state index contributed by atoms with van der Waals surface area (Å²) >= 11 is 3.21. The third-order valence-corrected chi connectivity index (χ3v) is 4.96. The zero-order valence-electron chi connectivity index (χ0n) is 11.3. The van der Waals surface area contributed by atoms with E-state index in [4.69, 9.17) is 4.42 Å². The number of oxazole rings is 1. The number of carboxylic acid groups (broad SMARTS) is 1. The predicted molar refractivity (Wildman–Crippen MR) is 80.9 cm³/mol. The number of carboxylic acids is 1. The lowest BCUT2D eigenvalue weighted by Crippen LogP contribution is -2.16. The van der Waals surface area contributed by atoms with Crippen molar-refractivity contribution in [3.05, 3.63) is 29.0 Å². The van der Waals surface area contributed by atoms with Gasteiger partial charge in [0.2, 0.25) is 11.7 Å². The van der Waals surface area contributed by atoms with Crippen molar-refractivity contribution in [2.24, 2.45) is 0 Å². The van der Waals surface area contributed by atoms with Crippen molar-refractivity contribution in [3.63, 3.8) is 0 Å². The smallest absolute Gasteiger partial charge is 0.373 e. The normalized spacial score (nSPS) is 12.2. The van der Waals surface area contributed by atoms with Crippen molar-refractivity contribution < 1.29 is 14.3 Å². The second-order valence-electron chi connectivity index (χ2n) is 5.51. The molecule has 0 aliphatic carbocycles. The molecule has 0 atom stereocenters. The van der Waals surface area contributed by atoms with Gasteiger partial charge >= 0.3 is 5.97 Å². The van der Waals surface area contributed by atoms with E-state index in [0.29, 0.717) is 11.6 Å². The number of hydrogen-bond acceptors (Lipinski definition) is 5. The van der Waals surface area contributed by atoms with E-state index in [-0.39, 0.29) is 11.2 Å². The minimum atomic E-state index is -1.08. The maximum atomic E-state index is 11.3. The lowest BCUT2D eigenvalue weighted by molar-refractivity contribution is 0.0659.